The van der Waals surface area contributed by atoms with E-state index < -0.39 is 0 Å². The van der Waals surface area contributed by atoms with E-state index in [4.69, 9.17) is 20.9 Å². The zero-order valence-electron chi connectivity index (χ0n) is 18.3. The van der Waals surface area contributed by atoms with Gasteiger partial charge in [-0.2, -0.15) is 4.98 Å². The molecule has 1 fully saturated rings. The molecular weight excluding hydrogens is 428 g/mol. The molecule has 32 heavy (non-hydrogen) atoms. The quantitative estimate of drug-likeness (QED) is 0.531. The second kappa shape index (κ2) is 10.1. The van der Waals surface area contributed by atoms with Crippen LogP contribution in [0.3, 0.4) is 0 Å². The van der Waals surface area contributed by atoms with Crippen LogP contribution in [-0.2, 0) is 17.9 Å². The summed E-state index contributed by atoms with van der Waals surface area (Å²) >= 11 is 5.94. The molecule has 2 aromatic carbocycles. The summed E-state index contributed by atoms with van der Waals surface area (Å²) in [6, 6.07) is 15.2. The van der Waals surface area contributed by atoms with Crippen molar-refractivity contribution in [3.8, 4) is 17.1 Å². The molecule has 168 valence electrons. The van der Waals surface area contributed by atoms with Crippen molar-refractivity contribution in [1.29, 1.82) is 0 Å². The highest BCUT2D eigenvalue weighted by Crippen LogP contribution is 2.23. The summed E-state index contributed by atoms with van der Waals surface area (Å²) in [5, 5.41) is 4.80. The summed E-state index contributed by atoms with van der Waals surface area (Å²) in [6.45, 7) is 2.83. The van der Waals surface area contributed by atoms with Gasteiger partial charge in [0.1, 0.15) is 5.75 Å². The fourth-order valence-corrected chi connectivity index (χ4v) is 4.09. The van der Waals surface area contributed by atoms with Crippen LogP contribution in [0.4, 0.5) is 0 Å². The minimum absolute atomic E-state index is 0.0427. The molecule has 8 heteroatoms. The van der Waals surface area contributed by atoms with E-state index in [-0.39, 0.29) is 11.8 Å². The Morgan fingerprint density at radius 2 is 1.84 bits per heavy atom. The first kappa shape index (κ1) is 22.3. The molecule has 0 atom stereocenters. The third kappa shape index (κ3) is 5.47. The Bertz CT molecular complexity index is 1030. The molecule has 4 rings (SSSR count). The van der Waals surface area contributed by atoms with Crippen molar-refractivity contribution in [1.82, 2.24) is 19.9 Å². The number of benzene rings is 2. The second-order valence-corrected chi connectivity index (χ2v) is 8.55. The van der Waals surface area contributed by atoms with Crippen molar-refractivity contribution in [2.45, 2.75) is 25.9 Å². The number of carbonyl (C=O) groups excluding carboxylic acids is 1. The average molecular weight is 455 g/mol. The molecule has 0 radical (unpaired) electrons. The smallest absolute Gasteiger partial charge is 0.241 e. The van der Waals surface area contributed by atoms with Crippen LogP contribution >= 0.6 is 11.6 Å². The molecule has 0 aliphatic carbocycles. The number of amides is 1. The zero-order chi connectivity index (χ0) is 22.5. The average Bonchev–Trinajstić information content (AvgIpc) is 3.29. The van der Waals surface area contributed by atoms with Crippen LogP contribution in [0.25, 0.3) is 11.4 Å². The van der Waals surface area contributed by atoms with E-state index in [0.717, 1.165) is 42.8 Å². The summed E-state index contributed by atoms with van der Waals surface area (Å²) in [5.41, 5.74) is 1.96. The minimum atomic E-state index is 0.0427. The molecule has 0 spiro atoms. The van der Waals surface area contributed by atoms with E-state index in [0.29, 0.717) is 29.8 Å². The Hall–Kier alpha value is -2.90. The van der Waals surface area contributed by atoms with Crippen molar-refractivity contribution < 1.29 is 14.1 Å². The third-order valence-electron chi connectivity index (χ3n) is 5.82. The van der Waals surface area contributed by atoms with Gasteiger partial charge in [0.15, 0.2) is 0 Å². The summed E-state index contributed by atoms with van der Waals surface area (Å²) in [7, 11) is 3.50. The largest absolute Gasteiger partial charge is 0.497 e. The van der Waals surface area contributed by atoms with E-state index in [1.54, 1.807) is 7.11 Å². The van der Waals surface area contributed by atoms with Crippen LogP contribution in [0.1, 0.15) is 24.3 Å². The Morgan fingerprint density at radius 1 is 1.16 bits per heavy atom. The summed E-state index contributed by atoms with van der Waals surface area (Å²) < 4.78 is 10.6. The van der Waals surface area contributed by atoms with E-state index in [9.17, 15) is 4.79 Å². The van der Waals surface area contributed by atoms with Crippen LogP contribution in [0.5, 0.6) is 5.75 Å². The van der Waals surface area contributed by atoms with Crippen LogP contribution in [0.2, 0.25) is 5.02 Å². The van der Waals surface area contributed by atoms with Gasteiger partial charge in [-0.05, 0) is 67.9 Å². The number of carbonyl (C=O) groups is 1. The molecule has 0 bridgehead atoms. The van der Waals surface area contributed by atoms with Crippen molar-refractivity contribution in [3.63, 3.8) is 0 Å². The van der Waals surface area contributed by atoms with Crippen molar-refractivity contribution >= 4 is 17.5 Å². The number of hydrogen-bond donors (Lipinski definition) is 0. The lowest BCUT2D eigenvalue weighted by atomic mass is 9.95. The molecular formula is C24H27ClN4O3. The standard InChI is InChI=1S/C24H27ClN4O3/c1-28(15-17-3-7-20(25)8-4-17)24(30)19-11-13-29(14-12-19)16-22-26-23(27-32-22)18-5-9-21(31-2)10-6-18/h3-10,19H,11-16H2,1-2H3. The van der Waals surface area contributed by atoms with Gasteiger partial charge in [-0.25, -0.2) is 0 Å². The van der Waals surface area contributed by atoms with Gasteiger partial charge in [-0.1, -0.05) is 28.9 Å². The first-order chi connectivity index (χ1) is 15.5. The SMILES string of the molecule is COc1ccc(-c2noc(CN3CCC(C(=O)N(C)Cc4ccc(Cl)cc4)CC3)n2)cc1. The molecule has 1 aliphatic heterocycles. The first-order valence-electron chi connectivity index (χ1n) is 10.7. The zero-order valence-corrected chi connectivity index (χ0v) is 19.1. The fourth-order valence-electron chi connectivity index (χ4n) is 3.96. The highest BCUT2D eigenvalue weighted by Gasteiger charge is 2.28. The normalized spacial score (nSPS) is 15.0. The third-order valence-corrected chi connectivity index (χ3v) is 6.07. The monoisotopic (exact) mass is 454 g/mol. The maximum atomic E-state index is 12.9. The number of ether oxygens (including phenoxy) is 1. The van der Waals surface area contributed by atoms with Crippen molar-refractivity contribution in [2.24, 2.45) is 5.92 Å². The van der Waals surface area contributed by atoms with E-state index in [1.807, 2.05) is 60.5 Å². The Balaban J connectivity index is 1.27. The van der Waals surface area contributed by atoms with Gasteiger partial charge in [-0.15, -0.1) is 0 Å². The van der Waals surface area contributed by atoms with Crippen LogP contribution in [0, 0.1) is 5.92 Å². The lowest BCUT2D eigenvalue weighted by molar-refractivity contribution is -0.136. The number of halogens is 1. The second-order valence-electron chi connectivity index (χ2n) is 8.11. The van der Waals surface area contributed by atoms with E-state index >= 15 is 0 Å². The van der Waals surface area contributed by atoms with Crippen molar-refractivity contribution in [3.05, 3.63) is 65.0 Å². The highest BCUT2D eigenvalue weighted by atomic mass is 35.5. The fraction of sp³-hybridized carbons (Fsp3) is 0.375. The van der Waals surface area contributed by atoms with Gasteiger partial charge in [-0.3, -0.25) is 9.69 Å². The number of aromatic nitrogens is 2. The Kier molecular flexibility index (Phi) is 7.07. The molecule has 0 unspecified atom stereocenters. The molecule has 1 saturated heterocycles. The van der Waals surface area contributed by atoms with Crippen LogP contribution in [-0.4, -0.2) is 53.1 Å². The molecule has 1 aliphatic rings. The molecule has 2 heterocycles. The summed E-state index contributed by atoms with van der Waals surface area (Å²) in [4.78, 5) is 21.5. The molecule has 7 nitrogen and oxygen atoms in total. The number of likely N-dealkylation sites (tertiary alicyclic amines) is 1. The maximum absolute atomic E-state index is 12.9. The van der Waals surface area contributed by atoms with Gasteiger partial charge in [0.05, 0.1) is 13.7 Å². The van der Waals surface area contributed by atoms with E-state index in [1.165, 1.54) is 0 Å². The van der Waals surface area contributed by atoms with Gasteiger partial charge in [0.2, 0.25) is 17.6 Å². The first-order valence-corrected chi connectivity index (χ1v) is 11.1. The van der Waals surface area contributed by atoms with Gasteiger partial charge in [0, 0.05) is 30.1 Å². The number of methoxy groups -OCH3 is 1. The topological polar surface area (TPSA) is 71.7 Å². The summed E-state index contributed by atoms with van der Waals surface area (Å²) in [6.07, 6.45) is 1.65. The molecule has 0 N–H and O–H groups in total. The molecule has 3 aromatic rings. The number of hydrogen-bond acceptors (Lipinski definition) is 6. The van der Waals surface area contributed by atoms with E-state index in [2.05, 4.69) is 15.0 Å². The molecule has 1 aromatic heterocycles. The maximum Gasteiger partial charge on any atom is 0.241 e. The number of piperidine rings is 1. The van der Waals surface area contributed by atoms with Crippen LogP contribution < -0.4 is 4.74 Å². The lowest BCUT2D eigenvalue weighted by Gasteiger charge is -2.32. The van der Waals surface area contributed by atoms with Gasteiger partial charge >= 0.3 is 0 Å². The predicted molar refractivity (Wildman–Crippen MR) is 122 cm³/mol. The number of rotatable bonds is 7. The lowest BCUT2D eigenvalue weighted by Crippen LogP contribution is -2.40. The molecule has 0 saturated carbocycles. The van der Waals surface area contributed by atoms with Gasteiger partial charge in [0.25, 0.3) is 0 Å². The number of nitrogens with zero attached hydrogens (tertiary/aromatic N) is 4. The Morgan fingerprint density at radius 3 is 2.50 bits per heavy atom. The minimum Gasteiger partial charge on any atom is -0.497 e. The predicted octanol–water partition coefficient (Wildman–Crippen LogP) is 4.27. The highest BCUT2D eigenvalue weighted by molar-refractivity contribution is 6.30. The van der Waals surface area contributed by atoms with Crippen molar-refractivity contribution in [2.75, 3.05) is 27.2 Å². The van der Waals surface area contributed by atoms with Gasteiger partial charge < -0.3 is 14.2 Å². The Labute approximate surface area is 192 Å². The summed E-state index contributed by atoms with van der Waals surface area (Å²) in [5.74, 6) is 2.17. The molecule has 1 amide bonds. The van der Waals surface area contributed by atoms with Crippen LogP contribution in [0.15, 0.2) is 53.1 Å².